The van der Waals surface area contributed by atoms with Crippen molar-refractivity contribution in [1.29, 1.82) is 0 Å². The van der Waals surface area contributed by atoms with E-state index in [9.17, 15) is 5.11 Å². The minimum atomic E-state index is 0.187. The van der Waals surface area contributed by atoms with Crippen LogP contribution < -0.4 is 10.2 Å². The highest BCUT2D eigenvalue weighted by Crippen LogP contribution is 2.18. The predicted octanol–water partition coefficient (Wildman–Crippen LogP) is 1.24. The zero-order valence-corrected chi connectivity index (χ0v) is 9.76. The highest BCUT2D eigenvalue weighted by atomic mass is 16.3. The largest absolute Gasteiger partial charge is 0.394 e. The Morgan fingerprint density at radius 2 is 2.12 bits per heavy atom. The molecule has 0 saturated carbocycles. The summed E-state index contributed by atoms with van der Waals surface area (Å²) in [6.45, 7) is 4.26. The Balaban J connectivity index is 2.16. The van der Waals surface area contributed by atoms with Crippen molar-refractivity contribution in [3.63, 3.8) is 0 Å². The summed E-state index contributed by atoms with van der Waals surface area (Å²) in [4.78, 5) is 2.30. The maximum atomic E-state index is 9.45. The van der Waals surface area contributed by atoms with Crippen LogP contribution in [-0.2, 0) is 0 Å². The maximum absolute atomic E-state index is 9.45. The average Bonchev–Trinajstić information content (AvgIpc) is 2.52. The summed E-state index contributed by atoms with van der Waals surface area (Å²) in [5.74, 6) is 0. The van der Waals surface area contributed by atoms with Crippen molar-refractivity contribution < 1.29 is 5.11 Å². The van der Waals surface area contributed by atoms with Crippen LogP contribution in [0.2, 0.25) is 0 Å². The molecule has 1 aliphatic rings. The second-order valence-electron chi connectivity index (χ2n) is 4.46. The van der Waals surface area contributed by atoms with E-state index >= 15 is 0 Å². The molecular weight excluding hydrogens is 200 g/mol. The van der Waals surface area contributed by atoms with Gasteiger partial charge in [-0.3, -0.25) is 0 Å². The molecule has 0 amide bonds. The molecule has 0 aliphatic carbocycles. The first-order chi connectivity index (χ1) is 7.81. The number of hydrogen-bond donors (Lipinski definition) is 2. The van der Waals surface area contributed by atoms with Crippen LogP contribution in [0.25, 0.3) is 0 Å². The summed E-state index contributed by atoms with van der Waals surface area (Å²) in [7, 11) is 0. The number of benzene rings is 1. The van der Waals surface area contributed by atoms with E-state index in [2.05, 4.69) is 29.3 Å². The molecule has 1 fully saturated rings. The molecule has 0 spiro atoms. The lowest BCUT2D eigenvalue weighted by Gasteiger charge is -2.30. The van der Waals surface area contributed by atoms with Crippen LogP contribution in [0.15, 0.2) is 30.3 Å². The first-order valence-corrected chi connectivity index (χ1v) is 5.97. The van der Waals surface area contributed by atoms with Crippen LogP contribution in [0.3, 0.4) is 0 Å². The molecule has 3 nitrogen and oxygen atoms in total. The Morgan fingerprint density at radius 3 is 2.81 bits per heavy atom. The molecule has 0 radical (unpaired) electrons. The van der Waals surface area contributed by atoms with Crippen LogP contribution in [0.4, 0.5) is 5.69 Å². The first kappa shape index (κ1) is 11.4. The van der Waals surface area contributed by atoms with Gasteiger partial charge in [0.1, 0.15) is 0 Å². The molecule has 2 unspecified atom stereocenters. The van der Waals surface area contributed by atoms with Crippen LogP contribution in [0.5, 0.6) is 0 Å². The van der Waals surface area contributed by atoms with Gasteiger partial charge in [0.2, 0.25) is 0 Å². The molecule has 1 aromatic rings. The molecule has 2 atom stereocenters. The van der Waals surface area contributed by atoms with Gasteiger partial charge < -0.3 is 15.3 Å². The van der Waals surface area contributed by atoms with Gasteiger partial charge in [0.25, 0.3) is 0 Å². The first-order valence-electron chi connectivity index (χ1n) is 5.97. The van der Waals surface area contributed by atoms with E-state index in [1.807, 2.05) is 18.2 Å². The van der Waals surface area contributed by atoms with Gasteiger partial charge in [-0.2, -0.15) is 0 Å². The average molecular weight is 220 g/mol. The van der Waals surface area contributed by atoms with Gasteiger partial charge in [-0.25, -0.2) is 0 Å². The zero-order valence-electron chi connectivity index (χ0n) is 9.76. The fourth-order valence-corrected chi connectivity index (χ4v) is 2.19. The number of para-hydroxylation sites is 1. The smallest absolute Gasteiger partial charge is 0.0647 e. The van der Waals surface area contributed by atoms with Crippen molar-refractivity contribution >= 4 is 5.69 Å². The summed E-state index contributed by atoms with van der Waals surface area (Å²) >= 11 is 0. The molecule has 2 N–H and O–H groups in total. The summed E-state index contributed by atoms with van der Waals surface area (Å²) in [5, 5.41) is 12.9. The van der Waals surface area contributed by atoms with Gasteiger partial charge in [-0.1, -0.05) is 18.2 Å². The van der Waals surface area contributed by atoms with Gasteiger partial charge in [-0.15, -0.1) is 0 Å². The third-order valence-corrected chi connectivity index (χ3v) is 3.24. The summed E-state index contributed by atoms with van der Waals surface area (Å²) in [5.41, 5.74) is 1.21. The van der Waals surface area contributed by atoms with E-state index in [1.54, 1.807) is 0 Å². The molecule has 2 rings (SSSR count). The van der Waals surface area contributed by atoms with E-state index in [4.69, 9.17) is 0 Å². The number of hydrogen-bond acceptors (Lipinski definition) is 3. The van der Waals surface area contributed by atoms with Gasteiger partial charge in [-0.05, 0) is 25.5 Å². The van der Waals surface area contributed by atoms with Gasteiger partial charge in [0.05, 0.1) is 12.6 Å². The van der Waals surface area contributed by atoms with E-state index in [0.29, 0.717) is 6.04 Å². The molecule has 3 heteroatoms. The monoisotopic (exact) mass is 220 g/mol. The van der Waals surface area contributed by atoms with E-state index in [0.717, 1.165) is 19.5 Å². The molecule has 1 heterocycles. The molecule has 1 aliphatic heterocycles. The second-order valence-corrected chi connectivity index (χ2v) is 4.46. The Bertz CT molecular complexity index is 315. The number of rotatable bonds is 2. The Labute approximate surface area is 97.1 Å². The molecule has 0 aromatic heterocycles. The van der Waals surface area contributed by atoms with Crippen LogP contribution in [0, 0.1) is 0 Å². The van der Waals surface area contributed by atoms with Crippen molar-refractivity contribution in [2.45, 2.75) is 25.4 Å². The lowest BCUT2D eigenvalue weighted by Crippen LogP contribution is -2.42. The molecule has 1 aromatic carbocycles. The minimum Gasteiger partial charge on any atom is -0.394 e. The van der Waals surface area contributed by atoms with Crippen LogP contribution >= 0.6 is 0 Å². The SMILES string of the molecule is CC1CCN(c2ccccc2)C(CO)CN1. The normalized spacial score (nSPS) is 26.5. The number of nitrogens with zero attached hydrogens (tertiary/aromatic N) is 1. The van der Waals surface area contributed by atoms with E-state index < -0.39 is 0 Å². The number of aliphatic hydroxyl groups is 1. The fourth-order valence-electron chi connectivity index (χ4n) is 2.19. The number of nitrogens with one attached hydrogen (secondary N) is 1. The van der Waals surface area contributed by atoms with Crippen molar-refractivity contribution in [1.82, 2.24) is 5.32 Å². The molecular formula is C13H20N2O. The Morgan fingerprint density at radius 1 is 1.38 bits per heavy atom. The fraction of sp³-hybridized carbons (Fsp3) is 0.538. The van der Waals surface area contributed by atoms with Crippen molar-refractivity contribution in [2.24, 2.45) is 0 Å². The summed E-state index contributed by atoms with van der Waals surface area (Å²) < 4.78 is 0. The quantitative estimate of drug-likeness (QED) is 0.787. The molecule has 1 saturated heterocycles. The third kappa shape index (κ3) is 2.54. The summed E-state index contributed by atoms with van der Waals surface area (Å²) in [6.07, 6.45) is 1.12. The van der Waals surface area contributed by atoms with Gasteiger partial charge >= 0.3 is 0 Å². The van der Waals surface area contributed by atoms with Gasteiger partial charge in [0.15, 0.2) is 0 Å². The number of anilines is 1. The summed E-state index contributed by atoms with van der Waals surface area (Å²) in [6, 6.07) is 11.1. The predicted molar refractivity (Wildman–Crippen MR) is 66.7 cm³/mol. The van der Waals surface area contributed by atoms with Crippen molar-refractivity contribution in [2.75, 3.05) is 24.6 Å². The highest BCUT2D eigenvalue weighted by molar-refractivity contribution is 5.47. The lowest BCUT2D eigenvalue weighted by molar-refractivity contribution is 0.259. The minimum absolute atomic E-state index is 0.187. The van der Waals surface area contributed by atoms with E-state index in [1.165, 1.54) is 5.69 Å². The molecule has 0 bridgehead atoms. The van der Waals surface area contributed by atoms with Crippen molar-refractivity contribution in [3.8, 4) is 0 Å². The zero-order chi connectivity index (χ0) is 11.4. The molecule has 16 heavy (non-hydrogen) atoms. The standard InChI is InChI=1S/C13H20N2O/c1-11-7-8-15(13(10-16)9-14-11)12-5-3-2-4-6-12/h2-6,11,13-14,16H,7-10H2,1H3. The Kier molecular flexibility index (Phi) is 3.80. The lowest BCUT2D eigenvalue weighted by atomic mass is 10.2. The topological polar surface area (TPSA) is 35.5 Å². The maximum Gasteiger partial charge on any atom is 0.0647 e. The highest BCUT2D eigenvalue weighted by Gasteiger charge is 2.22. The van der Waals surface area contributed by atoms with Crippen molar-refractivity contribution in [3.05, 3.63) is 30.3 Å². The Hall–Kier alpha value is -1.06. The van der Waals surface area contributed by atoms with Gasteiger partial charge in [0, 0.05) is 24.8 Å². The van der Waals surface area contributed by atoms with E-state index in [-0.39, 0.29) is 12.6 Å². The van der Waals surface area contributed by atoms with Crippen LogP contribution in [-0.4, -0.2) is 36.9 Å². The molecule has 88 valence electrons. The second kappa shape index (κ2) is 5.32. The van der Waals surface area contributed by atoms with Crippen LogP contribution in [0.1, 0.15) is 13.3 Å². The number of aliphatic hydroxyl groups excluding tert-OH is 1. The third-order valence-electron chi connectivity index (χ3n) is 3.24.